The molecule has 1 heterocycles. The minimum atomic E-state index is -3.93. The zero-order valence-corrected chi connectivity index (χ0v) is 13.1. The first-order chi connectivity index (χ1) is 10.1. The minimum Gasteiger partial charge on any atom is -0.392 e. The van der Waals surface area contributed by atoms with Crippen LogP contribution in [-0.4, -0.2) is 53.2 Å². The zero-order chi connectivity index (χ0) is 16.7. The van der Waals surface area contributed by atoms with Crippen molar-refractivity contribution in [3.8, 4) is 0 Å². The van der Waals surface area contributed by atoms with E-state index in [2.05, 4.69) is 0 Å². The molecule has 0 amide bonds. The molecule has 1 aliphatic heterocycles. The van der Waals surface area contributed by atoms with Crippen LogP contribution in [0.2, 0.25) is 0 Å². The van der Waals surface area contributed by atoms with Crippen LogP contribution in [0.15, 0.2) is 17.0 Å². The zero-order valence-electron chi connectivity index (χ0n) is 12.3. The Balaban J connectivity index is 2.46. The number of aryl methyl sites for hydroxylation is 2. The van der Waals surface area contributed by atoms with Gasteiger partial charge in [0.2, 0.25) is 10.0 Å². The predicted octanol–water partition coefficient (Wildman–Crippen LogP) is 0.328. The number of nitro groups is 1. The molecule has 22 heavy (non-hydrogen) atoms. The van der Waals surface area contributed by atoms with Crippen molar-refractivity contribution < 1.29 is 23.6 Å². The number of hydrogen-bond donors (Lipinski definition) is 2. The normalized spacial score (nSPS) is 23.5. The number of β-amino-alcohol motifs (C(OH)–C–C–N with tert-alkyl or cyclic N) is 2. The van der Waals surface area contributed by atoms with Gasteiger partial charge >= 0.3 is 0 Å². The molecule has 1 saturated heterocycles. The number of nitro benzene ring substituents is 1. The van der Waals surface area contributed by atoms with Crippen molar-refractivity contribution in [1.29, 1.82) is 0 Å². The molecule has 2 rings (SSSR count). The Morgan fingerprint density at radius 2 is 1.73 bits per heavy atom. The molecule has 0 spiro atoms. The first-order valence-corrected chi connectivity index (χ1v) is 8.19. The van der Waals surface area contributed by atoms with Crippen molar-refractivity contribution in [1.82, 2.24) is 4.31 Å². The molecule has 1 fully saturated rings. The van der Waals surface area contributed by atoms with Gasteiger partial charge in [-0.2, -0.15) is 4.31 Å². The Labute approximate surface area is 128 Å². The van der Waals surface area contributed by atoms with Crippen molar-refractivity contribution in [2.75, 3.05) is 13.1 Å². The van der Waals surface area contributed by atoms with Crippen LogP contribution in [0.4, 0.5) is 5.69 Å². The van der Waals surface area contributed by atoms with Crippen LogP contribution in [0.3, 0.4) is 0 Å². The summed E-state index contributed by atoms with van der Waals surface area (Å²) in [6.45, 7) is 2.75. The van der Waals surface area contributed by atoms with Gasteiger partial charge in [0, 0.05) is 31.1 Å². The molecule has 0 radical (unpaired) electrons. The number of aliphatic hydroxyl groups excluding tert-OH is 2. The molecule has 0 saturated carbocycles. The number of piperidine rings is 1. The molecule has 8 nitrogen and oxygen atoms in total. The van der Waals surface area contributed by atoms with E-state index in [4.69, 9.17) is 0 Å². The topological polar surface area (TPSA) is 121 Å². The summed E-state index contributed by atoms with van der Waals surface area (Å²) in [5.41, 5.74) is 0.356. The lowest BCUT2D eigenvalue weighted by atomic mass is 10.1. The standard InChI is InChI=1S/C13H18N2O6S/c1-8-4-13(9(2)3-12(8)15(18)19)22(20,21)14-6-10(16)5-11(17)7-14/h3-4,10-11,16-17H,5-7H2,1-2H3/t10-,11+. The van der Waals surface area contributed by atoms with E-state index >= 15 is 0 Å². The van der Waals surface area contributed by atoms with Gasteiger partial charge in [-0.25, -0.2) is 8.42 Å². The monoisotopic (exact) mass is 330 g/mol. The van der Waals surface area contributed by atoms with Gasteiger partial charge in [0.05, 0.1) is 22.0 Å². The number of sulfonamides is 1. The quantitative estimate of drug-likeness (QED) is 0.608. The molecule has 2 atom stereocenters. The van der Waals surface area contributed by atoms with E-state index in [1.807, 2.05) is 0 Å². The SMILES string of the molecule is Cc1cc(S(=O)(=O)N2C[C@H](O)C[C@H](O)C2)c(C)cc1[N+](=O)[O-]. The molecule has 1 aliphatic rings. The molecule has 0 aromatic heterocycles. The van der Waals surface area contributed by atoms with E-state index in [9.17, 15) is 28.7 Å². The van der Waals surface area contributed by atoms with Crippen LogP contribution in [0.1, 0.15) is 17.5 Å². The van der Waals surface area contributed by atoms with Crippen LogP contribution >= 0.6 is 0 Å². The van der Waals surface area contributed by atoms with Crippen LogP contribution < -0.4 is 0 Å². The third-order valence-electron chi connectivity index (χ3n) is 3.68. The number of hydrogen-bond acceptors (Lipinski definition) is 6. The lowest BCUT2D eigenvalue weighted by Crippen LogP contribution is -2.48. The van der Waals surface area contributed by atoms with Gasteiger partial charge in [-0.1, -0.05) is 0 Å². The highest BCUT2D eigenvalue weighted by Gasteiger charge is 2.34. The van der Waals surface area contributed by atoms with Crippen LogP contribution in [0.5, 0.6) is 0 Å². The van der Waals surface area contributed by atoms with Gasteiger partial charge in [0.25, 0.3) is 5.69 Å². The van der Waals surface area contributed by atoms with E-state index in [-0.39, 0.29) is 41.2 Å². The molecule has 1 aromatic carbocycles. The highest BCUT2D eigenvalue weighted by molar-refractivity contribution is 7.89. The number of nitrogens with zero attached hydrogens (tertiary/aromatic N) is 2. The number of aliphatic hydroxyl groups is 2. The Hall–Kier alpha value is -1.55. The second-order valence-electron chi connectivity index (χ2n) is 5.53. The summed E-state index contributed by atoms with van der Waals surface area (Å²) in [6.07, 6.45) is -1.74. The van der Waals surface area contributed by atoms with E-state index in [1.54, 1.807) is 0 Å². The second-order valence-corrected chi connectivity index (χ2v) is 7.43. The largest absolute Gasteiger partial charge is 0.392 e. The summed E-state index contributed by atoms with van der Waals surface area (Å²) in [6, 6.07) is 2.48. The van der Waals surface area contributed by atoms with E-state index < -0.39 is 27.2 Å². The van der Waals surface area contributed by atoms with Crippen LogP contribution in [0.25, 0.3) is 0 Å². The van der Waals surface area contributed by atoms with E-state index in [0.717, 1.165) is 4.31 Å². The average Bonchev–Trinajstić information content (AvgIpc) is 2.39. The van der Waals surface area contributed by atoms with Crippen molar-refractivity contribution in [3.63, 3.8) is 0 Å². The molecule has 122 valence electrons. The van der Waals surface area contributed by atoms with Gasteiger partial charge in [-0.05, 0) is 25.5 Å². The summed E-state index contributed by atoms with van der Waals surface area (Å²) >= 11 is 0. The van der Waals surface area contributed by atoms with Gasteiger partial charge in [-0.15, -0.1) is 0 Å². The van der Waals surface area contributed by atoms with Gasteiger partial charge < -0.3 is 10.2 Å². The highest BCUT2D eigenvalue weighted by atomic mass is 32.2. The summed E-state index contributed by atoms with van der Waals surface area (Å²) < 4.78 is 26.3. The Morgan fingerprint density at radius 1 is 1.18 bits per heavy atom. The van der Waals surface area contributed by atoms with Crippen molar-refractivity contribution in [2.45, 2.75) is 37.4 Å². The molecular formula is C13H18N2O6S. The summed E-state index contributed by atoms with van der Waals surface area (Å²) in [4.78, 5) is 10.3. The van der Waals surface area contributed by atoms with Crippen LogP contribution in [0, 0.1) is 24.0 Å². The van der Waals surface area contributed by atoms with Crippen molar-refractivity contribution >= 4 is 15.7 Å². The molecular weight excluding hydrogens is 312 g/mol. The smallest absolute Gasteiger partial charge is 0.272 e. The lowest BCUT2D eigenvalue weighted by molar-refractivity contribution is -0.385. The van der Waals surface area contributed by atoms with E-state index in [1.165, 1.54) is 26.0 Å². The molecule has 0 bridgehead atoms. The fraction of sp³-hybridized carbons (Fsp3) is 0.538. The summed E-state index contributed by atoms with van der Waals surface area (Å²) in [5.74, 6) is 0. The minimum absolute atomic E-state index is 0.0445. The first-order valence-electron chi connectivity index (χ1n) is 6.75. The summed E-state index contributed by atoms with van der Waals surface area (Å²) in [7, 11) is -3.93. The van der Waals surface area contributed by atoms with Gasteiger partial charge in [0.15, 0.2) is 0 Å². The maximum absolute atomic E-state index is 12.7. The highest BCUT2D eigenvalue weighted by Crippen LogP contribution is 2.29. The molecule has 0 aliphatic carbocycles. The average molecular weight is 330 g/mol. The third-order valence-corrected chi connectivity index (χ3v) is 5.65. The third kappa shape index (κ3) is 3.12. The fourth-order valence-corrected chi connectivity index (χ4v) is 4.40. The van der Waals surface area contributed by atoms with Gasteiger partial charge in [0.1, 0.15) is 0 Å². The first kappa shape index (κ1) is 16.8. The molecule has 2 N–H and O–H groups in total. The fourth-order valence-electron chi connectivity index (χ4n) is 2.59. The Kier molecular flexibility index (Phi) is 4.52. The second kappa shape index (κ2) is 5.92. The molecule has 1 aromatic rings. The Morgan fingerprint density at radius 3 is 2.23 bits per heavy atom. The molecule has 9 heteroatoms. The van der Waals surface area contributed by atoms with Gasteiger partial charge in [-0.3, -0.25) is 10.1 Å². The van der Waals surface area contributed by atoms with E-state index in [0.29, 0.717) is 0 Å². The predicted molar refractivity (Wildman–Crippen MR) is 78.0 cm³/mol. The maximum Gasteiger partial charge on any atom is 0.272 e. The summed E-state index contributed by atoms with van der Waals surface area (Å²) in [5, 5.41) is 30.2. The number of benzene rings is 1. The Bertz CT molecular complexity index is 693. The molecule has 0 unspecified atom stereocenters. The van der Waals surface area contributed by atoms with Crippen LogP contribution in [-0.2, 0) is 10.0 Å². The number of rotatable bonds is 3. The van der Waals surface area contributed by atoms with Crippen molar-refractivity contribution in [2.24, 2.45) is 0 Å². The van der Waals surface area contributed by atoms with Crippen molar-refractivity contribution in [3.05, 3.63) is 33.4 Å². The maximum atomic E-state index is 12.7. The lowest BCUT2D eigenvalue weighted by Gasteiger charge is -2.32.